The van der Waals surface area contributed by atoms with Crippen LogP contribution in [-0.2, 0) is 11.3 Å². The molecule has 0 spiro atoms. The fourth-order valence-corrected chi connectivity index (χ4v) is 2.75. The minimum atomic E-state index is -0.593. The van der Waals surface area contributed by atoms with Gasteiger partial charge in [0.15, 0.2) is 0 Å². The average Bonchev–Trinajstić information content (AvgIpc) is 2.95. The van der Waals surface area contributed by atoms with Crippen LogP contribution in [0.2, 0.25) is 0 Å². The molecule has 134 valence electrons. The molecule has 1 saturated heterocycles. The molecule has 25 heavy (non-hydrogen) atoms. The number of hydrogen-bond acceptors (Lipinski definition) is 8. The van der Waals surface area contributed by atoms with E-state index in [-0.39, 0.29) is 12.5 Å². The summed E-state index contributed by atoms with van der Waals surface area (Å²) in [5.41, 5.74) is 0.811. The highest BCUT2D eigenvalue weighted by atomic mass is 16.5. The Balaban J connectivity index is 1.50. The number of β-amino-alcohol motifs (C(OH)–C–C–N with tert-alkyl or cyclic N) is 1. The number of carbonyl (C=O) groups excluding carboxylic acids is 1. The minimum Gasteiger partial charge on any atom is -0.390 e. The van der Waals surface area contributed by atoms with Crippen LogP contribution in [0.4, 0.5) is 5.95 Å². The number of aryl methyl sites for hydroxylation is 1. The number of carbonyl (C=O) groups is 1. The molecule has 1 atom stereocenters. The number of aliphatic hydroxyl groups is 1. The van der Waals surface area contributed by atoms with Gasteiger partial charge in [0.05, 0.1) is 24.9 Å². The summed E-state index contributed by atoms with van der Waals surface area (Å²) >= 11 is 0. The molecule has 1 aliphatic heterocycles. The van der Waals surface area contributed by atoms with Gasteiger partial charge in [-0.15, -0.1) is 0 Å². The Morgan fingerprint density at radius 1 is 1.40 bits per heavy atom. The van der Waals surface area contributed by atoms with E-state index in [1.807, 2.05) is 28.0 Å². The standard InChI is InChI=1S/C16H22N6O3/c1-12-19-16(20-25-12)22-7-6-21(9-14(23)10-22)11-15(24)18-8-13-4-2-3-5-17-13/h2-5,14,23H,6-11H2,1H3,(H,18,24)/t14-/m1/s1. The third-order valence-electron chi connectivity index (χ3n) is 3.95. The third-order valence-corrected chi connectivity index (χ3v) is 3.95. The zero-order valence-corrected chi connectivity index (χ0v) is 14.1. The average molecular weight is 346 g/mol. The van der Waals surface area contributed by atoms with Crippen LogP contribution >= 0.6 is 0 Å². The number of nitrogens with one attached hydrogen (secondary N) is 1. The maximum absolute atomic E-state index is 12.1. The number of amides is 1. The summed E-state index contributed by atoms with van der Waals surface area (Å²) in [5, 5.41) is 16.9. The number of anilines is 1. The lowest BCUT2D eigenvalue weighted by Gasteiger charge is -2.20. The van der Waals surface area contributed by atoms with Crippen LogP contribution in [0.3, 0.4) is 0 Å². The Kier molecular flexibility index (Phi) is 5.56. The molecule has 9 nitrogen and oxygen atoms in total. The molecule has 0 bridgehead atoms. The zero-order valence-electron chi connectivity index (χ0n) is 14.1. The van der Waals surface area contributed by atoms with Crippen LogP contribution in [-0.4, -0.2) is 69.9 Å². The maximum Gasteiger partial charge on any atom is 0.266 e. The quantitative estimate of drug-likeness (QED) is 0.751. The Morgan fingerprint density at radius 2 is 2.28 bits per heavy atom. The molecule has 0 aliphatic carbocycles. The van der Waals surface area contributed by atoms with Crippen molar-refractivity contribution in [3.8, 4) is 0 Å². The number of pyridine rings is 1. The van der Waals surface area contributed by atoms with Crippen molar-refractivity contribution in [3.05, 3.63) is 36.0 Å². The Hall–Kier alpha value is -2.52. The van der Waals surface area contributed by atoms with Crippen LogP contribution in [0, 0.1) is 6.92 Å². The van der Waals surface area contributed by atoms with Crippen LogP contribution in [0.15, 0.2) is 28.9 Å². The van der Waals surface area contributed by atoms with Gasteiger partial charge in [0.2, 0.25) is 11.8 Å². The van der Waals surface area contributed by atoms with Crippen LogP contribution in [0.1, 0.15) is 11.6 Å². The molecule has 0 aromatic carbocycles. The van der Waals surface area contributed by atoms with Gasteiger partial charge in [-0.25, -0.2) is 0 Å². The van der Waals surface area contributed by atoms with Gasteiger partial charge in [-0.1, -0.05) is 6.07 Å². The second-order valence-electron chi connectivity index (χ2n) is 6.05. The van der Waals surface area contributed by atoms with Crippen molar-refractivity contribution in [1.29, 1.82) is 0 Å². The largest absolute Gasteiger partial charge is 0.390 e. The summed E-state index contributed by atoms with van der Waals surface area (Å²) in [4.78, 5) is 24.3. The Labute approximate surface area is 145 Å². The lowest BCUT2D eigenvalue weighted by Crippen LogP contribution is -2.40. The Morgan fingerprint density at radius 3 is 3.00 bits per heavy atom. The van der Waals surface area contributed by atoms with E-state index >= 15 is 0 Å². The first-order chi connectivity index (χ1) is 12.1. The van der Waals surface area contributed by atoms with Crippen molar-refractivity contribution in [1.82, 2.24) is 25.3 Å². The number of nitrogens with zero attached hydrogens (tertiary/aromatic N) is 5. The second-order valence-corrected chi connectivity index (χ2v) is 6.05. The predicted octanol–water partition coefficient (Wildman–Crippen LogP) is -0.428. The number of aromatic nitrogens is 3. The highest BCUT2D eigenvalue weighted by molar-refractivity contribution is 5.77. The first kappa shape index (κ1) is 17.3. The molecule has 2 aromatic rings. The summed E-state index contributed by atoms with van der Waals surface area (Å²) in [7, 11) is 0. The van der Waals surface area contributed by atoms with E-state index < -0.39 is 6.10 Å². The fraction of sp³-hybridized carbons (Fsp3) is 0.500. The van der Waals surface area contributed by atoms with Gasteiger partial charge in [-0.2, -0.15) is 4.98 Å². The first-order valence-electron chi connectivity index (χ1n) is 8.22. The van der Waals surface area contributed by atoms with Gasteiger partial charge < -0.3 is 19.8 Å². The smallest absolute Gasteiger partial charge is 0.266 e. The highest BCUT2D eigenvalue weighted by Crippen LogP contribution is 2.12. The molecule has 0 radical (unpaired) electrons. The molecule has 0 unspecified atom stereocenters. The predicted molar refractivity (Wildman–Crippen MR) is 89.8 cm³/mol. The summed E-state index contributed by atoms with van der Waals surface area (Å²) < 4.78 is 4.99. The van der Waals surface area contributed by atoms with E-state index in [1.165, 1.54) is 0 Å². The van der Waals surface area contributed by atoms with Crippen molar-refractivity contribution >= 4 is 11.9 Å². The van der Waals surface area contributed by atoms with Crippen molar-refractivity contribution < 1.29 is 14.4 Å². The summed E-state index contributed by atoms with van der Waals surface area (Å²) in [6.45, 7) is 4.41. The molecular weight excluding hydrogens is 324 g/mol. The van der Waals surface area contributed by atoms with Gasteiger partial charge in [-0.3, -0.25) is 14.7 Å². The minimum absolute atomic E-state index is 0.0956. The van der Waals surface area contributed by atoms with Crippen molar-refractivity contribution in [2.45, 2.75) is 19.6 Å². The van der Waals surface area contributed by atoms with E-state index in [4.69, 9.17) is 4.52 Å². The molecule has 0 saturated carbocycles. The molecular formula is C16H22N6O3. The van der Waals surface area contributed by atoms with Gasteiger partial charge in [0.1, 0.15) is 0 Å². The SMILES string of the molecule is Cc1nc(N2CCN(CC(=O)NCc3ccccn3)C[C@@H](O)C2)no1. The van der Waals surface area contributed by atoms with Crippen LogP contribution in [0.5, 0.6) is 0 Å². The summed E-state index contributed by atoms with van der Waals surface area (Å²) in [5.74, 6) is 0.860. The van der Waals surface area contributed by atoms with Crippen molar-refractivity contribution in [2.24, 2.45) is 0 Å². The van der Waals surface area contributed by atoms with Crippen LogP contribution < -0.4 is 10.2 Å². The second kappa shape index (κ2) is 8.04. The highest BCUT2D eigenvalue weighted by Gasteiger charge is 2.25. The van der Waals surface area contributed by atoms with Gasteiger partial charge in [-0.05, 0) is 17.3 Å². The van der Waals surface area contributed by atoms with E-state index in [0.29, 0.717) is 44.6 Å². The summed E-state index contributed by atoms with van der Waals surface area (Å²) in [6.07, 6.45) is 1.10. The monoisotopic (exact) mass is 346 g/mol. The van der Waals surface area contributed by atoms with E-state index in [1.54, 1.807) is 13.1 Å². The number of hydrogen-bond donors (Lipinski definition) is 2. The van der Waals surface area contributed by atoms with E-state index in [9.17, 15) is 9.90 Å². The molecule has 1 amide bonds. The van der Waals surface area contributed by atoms with Gasteiger partial charge in [0, 0.05) is 39.3 Å². The fourth-order valence-electron chi connectivity index (χ4n) is 2.75. The molecule has 2 aromatic heterocycles. The van der Waals surface area contributed by atoms with Crippen molar-refractivity contribution in [2.75, 3.05) is 37.6 Å². The molecule has 2 N–H and O–H groups in total. The molecule has 3 heterocycles. The first-order valence-corrected chi connectivity index (χ1v) is 8.22. The third kappa shape index (κ3) is 4.97. The molecule has 1 aliphatic rings. The lowest BCUT2D eigenvalue weighted by atomic mass is 10.3. The normalized spacial score (nSPS) is 18.8. The van der Waals surface area contributed by atoms with E-state index in [0.717, 1.165) is 5.69 Å². The Bertz CT molecular complexity index is 692. The molecule has 1 fully saturated rings. The van der Waals surface area contributed by atoms with Gasteiger partial charge >= 0.3 is 0 Å². The maximum atomic E-state index is 12.1. The number of aliphatic hydroxyl groups excluding tert-OH is 1. The lowest BCUT2D eigenvalue weighted by molar-refractivity contribution is -0.122. The zero-order chi connectivity index (χ0) is 17.6. The molecule has 9 heteroatoms. The molecule has 3 rings (SSSR count). The van der Waals surface area contributed by atoms with E-state index in [2.05, 4.69) is 20.4 Å². The van der Waals surface area contributed by atoms with Crippen LogP contribution in [0.25, 0.3) is 0 Å². The topological polar surface area (TPSA) is 108 Å². The summed E-state index contributed by atoms with van der Waals surface area (Å²) in [6, 6.07) is 5.58. The number of rotatable bonds is 5. The van der Waals surface area contributed by atoms with Crippen molar-refractivity contribution in [3.63, 3.8) is 0 Å². The van der Waals surface area contributed by atoms with Gasteiger partial charge in [0.25, 0.3) is 5.95 Å².